The molecule has 1 amide bonds. The molecule has 0 aliphatic heterocycles. The number of carbonyl (C=O) groups is 1. The zero-order chi connectivity index (χ0) is 18.4. The fourth-order valence-corrected chi connectivity index (χ4v) is 3.52. The molecule has 0 saturated heterocycles. The molecule has 0 saturated carbocycles. The summed E-state index contributed by atoms with van der Waals surface area (Å²) in [6.07, 6.45) is 1.67. The van der Waals surface area contributed by atoms with Crippen LogP contribution >= 0.6 is 11.8 Å². The summed E-state index contributed by atoms with van der Waals surface area (Å²) in [5.41, 5.74) is 1.37. The average Bonchev–Trinajstić information content (AvgIpc) is 2.64. The molecule has 1 aromatic heterocycles. The van der Waals surface area contributed by atoms with Gasteiger partial charge in [0.25, 0.3) is 5.56 Å². The van der Waals surface area contributed by atoms with E-state index in [0.717, 1.165) is 0 Å². The van der Waals surface area contributed by atoms with Gasteiger partial charge in [0.2, 0.25) is 5.91 Å². The summed E-state index contributed by atoms with van der Waals surface area (Å²) >= 11 is 1.45. The smallest absolute Gasteiger partial charge is 0.251 e. The third-order valence-corrected chi connectivity index (χ3v) is 4.72. The molecule has 0 atom stereocenters. The summed E-state index contributed by atoms with van der Waals surface area (Å²) in [7, 11) is 0. The standard InChI is InChI=1S/C20H19N3O2S/c1-2-10-21-18(24)11-16-12-19(25)23-20(22-16)26-13-15-8-5-7-14-6-3-4-9-17(14)15/h2-9,12H,1,10-11,13H2,(H,21,24)(H,22,23,25). The number of hydrogen-bond acceptors (Lipinski definition) is 4. The van der Waals surface area contributed by atoms with E-state index in [9.17, 15) is 9.59 Å². The summed E-state index contributed by atoms with van der Waals surface area (Å²) in [6.45, 7) is 3.95. The molecule has 132 valence electrons. The first kappa shape index (κ1) is 17.9. The molecule has 3 rings (SSSR count). The highest BCUT2D eigenvalue weighted by atomic mass is 32.2. The fraction of sp³-hybridized carbons (Fsp3) is 0.150. The number of nitrogens with one attached hydrogen (secondary N) is 2. The molecule has 2 N–H and O–H groups in total. The van der Waals surface area contributed by atoms with E-state index >= 15 is 0 Å². The van der Waals surface area contributed by atoms with Crippen LogP contribution in [0.25, 0.3) is 10.8 Å². The number of hydrogen-bond donors (Lipinski definition) is 2. The first-order chi connectivity index (χ1) is 12.7. The molecule has 0 unspecified atom stereocenters. The largest absolute Gasteiger partial charge is 0.352 e. The lowest BCUT2D eigenvalue weighted by Crippen LogP contribution is -2.26. The number of fused-ring (bicyclic) bond motifs is 1. The third-order valence-electron chi connectivity index (χ3n) is 3.80. The minimum absolute atomic E-state index is 0.0690. The van der Waals surface area contributed by atoms with Gasteiger partial charge in [0, 0.05) is 18.4 Å². The van der Waals surface area contributed by atoms with Crippen LogP contribution in [-0.4, -0.2) is 22.4 Å². The van der Waals surface area contributed by atoms with Gasteiger partial charge in [-0.05, 0) is 16.3 Å². The molecule has 26 heavy (non-hydrogen) atoms. The van der Waals surface area contributed by atoms with E-state index in [1.165, 1.54) is 34.2 Å². The van der Waals surface area contributed by atoms with Crippen LogP contribution in [0.2, 0.25) is 0 Å². The van der Waals surface area contributed by atoms with Gasteiger partial charge in [-0.1, -0.05) is 60.3 Å². The van der Waals surface area contributed by atoms with Gasteiger partial charge < -0.3 is 10.3 Å². The van der Waals surface area contributed by atoms with E-state index in [-0.39, 0.29) is 17.9 Å². The SMILES string of the molecule is C=CCNC(=O)Cc1cc(=O)[nH]c(SCc2cccc3ccccc23)n1. The topological polar surface area (TPSA) is 74.8 Å². The highest BCUT2D eigenvalue weighted by molar-refractivity contribution is 7.98. The maximum Gasteiger partial charge on any atom is 0.251 e. The molecule has 2 aromatic carbocycles. The summed E-state index contributed by atoms with van der Waals surface area (Å²) in [5.74, 6) is 0.490. The first-order valence-electron chi connectivity index (χ1n) is 8.23. The van der Waals surface area contributed by atoms with Crippen molar-refractivity contribution < 1.29 is 4.79 Å². The van der Waals surface area contributed by atoms with Gasteiger partial charge in [0.1, 0.15) is 0 Å². The van der Waals surface area contributed by atoms with Crippen molar-refractivity contribution in [1.82, 2.24) is 15.3 Å². The second kappa shape index (κ2) is 8.49. The normalized spacial score (nSPS) is 10.6. The lowest BCUT2D eigenvalue weighted by Gasteiger charge is -2.07. The maximum absolute atomic E-state index is 11.9. The maximum atomic E-state index is 11.9. The zero-order valence-corrected chi connectivity index (χ0v) is 15.0. The molecule has 0 aliphatic rings. The van der Waals surface area contributed by atoms with Gasteiger partial charge in [-0.3, -0.25) is 9.59 Å². The van der Waals surface area contributed by atoms with Crippen LogP contribution in [0.15, 0.2) is 71.1 Å². The summed E-state index contributed by atoms with van der Waals surface area (Å²) in [6, 6.07) is 15.7. The Morgan fingerprint density at radius 2 is 2.04 bits per heavy atom. The second-order valence-electron chi connectivity index (χ2n) is 5.74. The van der Waals surface area contributed by atoms with E-state index in [0.29, 0.717) is 23.1 Å². The number of aromatic nitrogens is 2. The Bertz CT molecular complexity index is 992. The lowest BCUT2D eigenvalue weighted by atomic mass is 10.1. The molecule has 0 spiro atoms. The van der Waals surface area contributed by atoms with E-state index < -0.39 is 0 Å². The quantitative estimate of drug-likeness (QED) is 0.383. The van der Waals surface area contributed by atoms with Crippen LogP contribution in [-0.2, 0) is 17.0 Å². The minimum Gasteiger partial charge on any atom is -0.352 e. The van der Waals surface area contributed by atoms with Crippen LogP contribution < -0.4 is 10.9 Å². The Kier molecular flexibility index (Phi) is 5.86. The van der Waals surface area contributed by atoms with Gasteiger partial charge in [0.05, 0.1) is 12.1 Å². The summed E-state index contributed by atoms with van der Waals surface area (Å²) in [4.78, 5) is 30.8. The van der Waals surface area contributed by atoms with Crippen molar-refractivity contribution in [2.24, 2.45) is 0 Å². The van der Waals surface area contributed by atoms with Crippen molar-refractivity contribution in [3.05, 3.63) is 82.8 Å². The molecule has 5 nitrogen and oxygen atoms in total. The van der Waals surface area contributed by atoms with Crippen LogP contribution in [0.5, 0.6) is 0 Å². The highest BCUT2D eigenvalue weighted by Crippen LogP contribution is 2.25. The van der Waals surface area contributed by atoms with E-state index in [4.69, 9.17) is 0 Å². The van der Waals surface area contributed by atoms with Crippen LogP contribution in [0.1, 0.15) is 11.3 Å². The van der Waals surface area contributed by atoms with Gasteiger partial charge >= 0.3 is 0 Å². The molecule has 0 radical (unpaired) electrons. The predicted molar refractivity (Wildman–Crippen MR) is 105 cm³/mol. The Labute approximate surface area is 155 Å². The fourth-order valence-electron chi connectivity index (χ4n) is 2.62. The predicted octanol–water partition coefficient (Wildman–Crippen LogP) is 3.06. The molecule has 1 heterocycles. The molecule has 0 fully saturated rings. The van der Waals surface area contributed by atoms with Crippen LogP contribution in [0, 0.1) is 0 Å². The van der Waals surface area contributed by atoms with Crippen LogP contribution in [0.3, 0.4) is 0 Å². The number of thioether (sulfide) groups is 1. The molecular formula is C20H19N3O2S. The molecule has 3 aromatic rings. The van der Waals surface area contributed by atoms with Gasteiger partial charge in [0.15, 0.2) is 5.16 Å². The number of nitrogens with zero attached hydrogens (tertiary/aromatic N) is 1. The zero-order valence-electron chi connectivity index (χ0n) is 14.2. The number of amides is 1. The number of benzene rings is 2. The number of H-pyrrole nitrogens is 1. The van der Waals surface area contributed by atoms with E-state index in [1.807, 2.05) is 18.2 Å². The molecule has 0 bridgehead atoms. The van der Waals surface area contributed by atoms with E-state index in [1.54, 1.807) is 6.08 Å². The molecular weight excluding hydrogens is 346 g/mol. The first-order valence-corrected chi connectivity index (χ1v) is 9.21. The van der Waals surface area contributed by atoms with Crippen molar-refractivity contribution >= 4 is 28.4 Å². The Balaban J connectivity index is 1.74. The van der Waals surface area contributed by atoms with Crippen molar-refractivity contribution in [2.75, 3.05) is 6.54 Å². The number of carbonyl (C=O) groups excluding carboxylic acids is 1. The van der Waals surface area contributed by atoms with Gasteiger partial charge in [-0.15, -0.1) is 6.58 Å². The molecule has 0 aliphatic carbocycles. The lowest BCUT2D eigenvalue weighted by molar-refractivity contribution is -0.120. The molecule has 6 heteroatoms. The van der Waals surface area contributed by atoms with E-state index in [2.05, 4.69) is 46.1 Å². The average molecular weight is 365 g/mol. The number of aromatic amines is 1. The number of rotatable bonds is 7. The summed E-state index contributed by atoms with van der Waals surface area (Å²) < 4.78 is 0. The summed E-state index contributed by atoms with van der Waals surface area (Å²) in [5, 5.41) is 5.56. The van der Waals surface area contributed by atoms with Crippen molar-refractivity contribution in [1.29, 1.82) is 0 Å². The van der Waals surface area contributed by atoms with Gasteiger partial charge in [-0.2, -0.15) is 0 Å². The third kappa shape index (κ3) is 4.61. The second-order valence-corrected chi connectivity index (χ2v) is 6.70. The van der Waals surface area contributed by atoms with Crippen molar-refractivity contribution in [2.45, 2.75) is 17.3 Å². The Morgan fingerprint density at radius 1 is 1.23 bits per heavy atom. The van der Waals surface area contributed by atoms with Crippen molar-refractivity contribution in [3.8, 4) is 0 Å². The van der Waals surface area contributed by atoms with Gasteiger partial charge in [-0.25, -0.2) is 4.98 Å². The Hall–Kier alpha value is -2.86. The van der Waals surface area contributed by atoms with Crippen molar-refractivity contribution in [3.63, 3.8) is 0 Å². The highest BCUT2D eigenvalue weighted by Gasteiger charge is 2.08. The van der Waals surface area contributed by atoms with Crippen LogP contribution in [0.4, 0.5) is 0 Å². The monoisotopic (exact) mass is 365 g/mol. The minimum atomic E-state index is -0.257. The Morgan fingerprint density at radius 3 is 2.88 bits per heavy atom.